The molecular weight excluding hydrogens is 326 g/mol. The van der Waals surface area contributed by atoms with E-state index in [1.807, 2.05) is 0 Å². The molecule has 1 amide bonds. The first kappa shape index (κ1) is 19.1. The molecule has 1 unspecified atom stereocenters. The normalized spacial score (nSPS) is 20.3. The first-order valence-electron chi connectivity index (χ1n) is 8.21. The maximum Gasteiger partial charge on any atom is 0.229 e. The smallest absolute Gasteiger partial charge is 0.229 e. The van der Waals surface area contributed by atoms with Crippen molar-refractivity contribution in [1.82, 2.24) is 0 Å². The Morgan fingerprint density at radius 2 is 1.92 bits per heavy atom. The molecule has 1 heterocycles. The molecule has 2 rings (SSSR count). The molecule has 1 aromatic rings. The second-order valence-corrected chi connectivity index (χ2v) is 7.62. The zero-order valence-corrected chi connectivity index (χ0v) is 14.8. The summed E-state index contributed by atoms with van der Waals surface area (Å²) in [6.45, 7) is 6.64. The minimum Gasteiger partial charge on any atom is -0.487 e. The average Bonchev–Trinajstić information content (AvgIpc) is 2.50. The van der Waals surface area contributed by atoms with Gasteiger partial charge in [-0.15, -0.1) is 0 Å². The maximum atomic E-state index is 13.1. The van der Waals surface area contributed by atoms with Crippen LogP contribution in [0.2, 0.25) is 0 Å². The van der Waals surface area contributed by atoms with Gasteiger partial charge in [-0.2, -0.15) is 0 Å². The third-order valence-electron chi connectivity index (χ3n) is 4.19. The molecule has 0 radical (unpaired) electrons. The summed E-state index contributed by atoms with van der Waals surface area (Å²) >= 11 is 0. The van der Waals surface area contributed by atoms with Gasteiger partial charge in [0.2, 0.25) is 5.91 Å². The number of halogens is 2. The van der Waals surface area contributed by atoms with Gasteiger partial charge in [0.25, 0.3) is 0 Å². The van der Waals surface area contributed by atoms with Gasteiger partial charge in [-0.1, -0.05) is 26.8 Å². The monoisotopic (exact) mass is 350 g/mol. The number of benzene rings is 1. The Morgan fingerprint density at radius 1 is 1.28 bits per heavy atom. The highest BCUT2D eigenvalue weighted by molar-refractivity contribution is 5.99. The summed E-state index contributed by atoms with van der Waals surface area (Å²) in [4.78, 5) is 16.3. The molecule has 6 heteroatoms. The van der Waals surface area contributed by atoms with Gasteiger partial charge < -0.3 is 10.5 Å². The number of aliphatic imine (C=N–C) groups is 1. The van der Waals surface area contributed by atoms with Gasteiger partial charge >= 0.3 is 0 Å². The van der Waals surface area contributed by atoms with Crippen LogP contribution in [0.1, 0.15) is 33.6 Å². The van der Waals surface area contributed by atoms with Crippen molar-refractivity contribution in [2.45, 2.75) is 33.6 Å². The number of dihydropyridines is 1. The topological polar surface area (TPSA) is 64.7 Å². The molecule has 0 saturated heterocycles. The van der Waals surface area contributed by atoms with E-state index >= 15 is 0 Å². The van der Waals surface area contributed by atoms with E-state index in [0.29, 0.717) is 12.1 Å². The molecule has 25 heavy (non-hydrogen) atoms. The molecule has 1 aliphatic heterocycles. The van der Waals surface area contributed by atoms with Crippen LogP contribution < -0.4 is 10.5 Å². The fraction of sp³-hybridized carbons (Fsp3) is 0.474. The number of carbonyl (C=O) groups is 1. The molecule has 0 aromatic heterocycles. The molecule has 1 atom stereocenters. The van der Waals surface area contributed by atoms with Gasteiger partial charge in [0, 0.05) is 18.2 Å². The SMILES string of the molecule is CC(C)(C)CCC1(C(N)=O)C=CC(COc2cc(F)cc(F)c2)=NC1. The number of carbonyl (C=O) groups excluding carboxylic acids is 1. The lowest BCUT2D eigenvalue weighted by atomic mass is 9.75. The summed E-state index contributed by atoms with van der Waals surface area (Å²) < 4.78 is 31.7. The van der Waals surface area contributed by atoms with E-state index in [-0.39, 0.29) is 24.3 Å². The molecule has 0 bridgehead atoms. The molecule has 1 aromatic carbocycles. The predicted octanol–water partition coefficient (Wildman–Crippen LogP) is 3.65. The molecule has 0 aliphatic carbocycles. The number of hydrogen-bond donors (Lipinski definition) is 1. The Labute approximate surface area is 146 Å². The van der Waals surface area contributed by atoms with Crippen LogP contribution in [0.15, 0.2) is 35.3 Å². The number of nitrogens with two attached hydrogens (primary N) is 1. The van der Waals surface area contributed by atoms with Crippen LogP contribution in [-0.2, 0) is 4.79 Å². The van der Waals surface area contributed by atoms with Crippen molar-refractivity contribution in [3.8, 4) is 5.75 Å². The standard InChI is InChI=1S/C19H24F2N2O2/c1-18(2,3)6-7-19(17(22)24)5-4-15(23-12-19)11-25-16-9-13(20)8-14(21)10-16/h4-5,8-10H,6-7,11-12H2,1-3H3,(H2,22,24). The Bertz CT molecular complexity index is 688. The van der Waals surface area contributed by atoms with Crippen molar-refractivity contribution < 1.29 is 18.3 Å². The van der Waals surface area contributed by atoms with Crippen molar-refractivity contribution in [3.05, 3.63) is 42.0 Å². The number of ether oxygens (including phenoxy) is 1. The van der Waals surface area contributed by atoms with Crippen LogP contribution in [0.4, 0.5) is 8.78 Å². The Balaban J connectivity index is 2.00. The zero-order valence-electron chi connectivity index (χ0n) is 14.8. The van der Waals surface area contributed by atoms with E-state index in [0.717, 1.165) is 24.6 Å². The first-order chi connectivity index (χ1) is 11.6. The van der Waals surface area contributed by atoms with Gasteiger partial charge in [0.05, 0.1) is 17.7 Å². The highest BCUT2D eigenvalue weighted by atomic mass is 19.1. The van der Waals surface area contributed by atoms with E-state index < -0.39 is 23.0 Å². The second-order valence-electron chi connectivity index (χ2n) is 7.62. The summed E-state index contributed by atoms with van der Waals surface area (Å²) in [5, 5.41) is 0. The van der Waals surface area contributed by atoms with Crippen LogP contribution in [0.25, 0.3) is 0 Å². The van der Waals surface area contributed by atoms with Crippen LogP contribution in [0.3, 0.4) is 0 Å². The van der Waals surface area contributed by atoms with E-state index in [2.05, 4.69) is 25.8 Å². The van der Waals surface area contributed by atoms with Gasteiger partial charge in [-0.3, -0.25) is 9.79 Å². The number of hydrogen-bond acceptors (Lipinski definition) is 3. The lowest BCUT2D eigenvalue weighted by Gasteiger charge is -2.31. The second kappa shape index (κ2) is 7.33. The first-order valence-corrected chi connectivity index (χ1v) is 8.21. The summed E-state index contributed by atoms with van der Waals surface area (Å²) in [5.74, 6) is -1.71. The summed E-state index contributed by atoms with van der Waals surface area (Å²) in [6, 6.07) is 2.99. The molecule has 0 spiro atoms. The predicted molar refractivity (Wildman–Crippen MR) is 93.6 cm³/mol. The fourth-order valence-electron chi connectivity index (χ4n) is 2.51. The number of rotatable bonds is 6. The minimum atomic E-state index is -0.790. The van der Waals surface area contributed by atoms with E-state index in [4.69, 9.17) is 10.5 Å². The molecule has 0 fully saturated rings. The number of amides is 1. The highest BCUT2D eigenvalue weighted by Crippen LogP contribution is 2.34. The number of nitrogens with zero attached hydrogens (tertiary/aromatic N) is 1. The Hall–Kier alpha value is -2.24. The molecule has 4 nitrogen and oxygen atoms in total. The van der Waals surface area contributed by atoms with Crippen molar-refractivity contribution in [2.24, 2.45) is 21.6 Å². The lowest BCUT2D eigenvalue weighted by molar-refractivity contribution is -0.125. The van der Waals surface area contributed by atoms with Crippen molar-refractivity contribution in [2.75, 3.05) is 13.2 Å². The highest BCUT2D eigenvalue weighted by Gasteiger charge is 2.36. The van der Waals surface area contributed by atoms with Gasteiger partial charge in [-0.25, -0.2) is 8.78 Å². The quantitative estimate of drug-likeness (QED) is 0.851. The number of primary amides is 1. The van der Waals surface area contributed by atoms with E-state index in [1.165, 1.54) is 0 Å². The molecular formula is C19H24F2N2O2. The molecule has 136 valence electrons. The van der Waals surface area contributed by atoms with Gasteiger partial charge in [0.1, 0.15) is 24.0 Å². The van der Waals surface area contributed by atoms with E-state index in [1.54, 1.807) is 12.2 Å². The van der Waals surface area contributed by atoms with Crippen LogP contribution in [0.5, 0.6) is 5.75 Å². The van der Waals surface area contributed by atoms with Crippen LogP contribution in [0, 0.1) is 22.5 Å². The minimum absolute atomic E-state index is 0.0630. The van der Waals surface area contributed by atoms with Crippen LogP contribution >= 0.6 is 0 Å². The zero-order chi connectivity index (χ0) is 18.7. The third kappa shape index (κ3) is 5.37. The van der Waals surface area contributed by atoms with Crippen molar-refractivity contribution >= 4 is 11.6 Å². The van der Waals surface area contributed by atoms with E-state index in [9.17, 15) is 13.6 Å². The van der Waals surface area contributed by atoms with Crippen LogP contribution in [-0.4, -0.2) is 24.8 Å². The largest absolute Gasteiger partial charge is 0.487 e. The van der Waals surface area contributed by atoms with Gasteiger partial charge in [0.15, 0.2) is 0 Å². The Morgan fingerprint density at radius 3 is 2.40 bits per heavy atom. The van der Waals surface area contributed by atoms with Crippen molar-refractivity contribution in [1.29, 1.82) is 0 Å². The van der Waals surface area contributed by atoms with Gasteiger partial charge in [-0.05, 0) is 24.3 Å². The Kier molecular flexibility index (Phi) is 5.60. The van der Waals surface area contributed by atoms with Crippen molar-refractivity contribution in [3.63, 3.8) is 0 Å². The molecule has 1 aliphatic rings. The lowest BCUT2D eigenvalue weighted by Crippen LogP contribution is -2.41. The fourth-order valence-corrected chi connectivity index (χ4v) is 2.51. The molecule has 2 N–H and O–H groups in total. The average molecular weight is 350 g/mol. The summed E-state index contributed by atoms with van der Waals surface area (Å²) in [6.07, 6.45) is 4.94. The summed E-state index contributed by atoms with van der Waals surface area (Å²) in [5.41, 5.74) is 5.49. The molecule has 0 saturated carbocycles. The maximum absolute atomic E-state index is 13.1. The third-order valence-corrected chi connectivity index (χ3v) is 4.19. The summed E-state index contributed by atoms with van der Waals surface area (Å²) in [7, 11) is 0.